The summed E-state index contributed by atoms with van der Waals surface area (Å²) >= 11 is 0. The first-order valence-electron chi connectivity index (χ1n) is 7.47. The van der Waals surface area contributed by atoms with Crippen LogP contribution in [0.5, 0.6) is 0 Å². The Morgan fingerprint density at radius 1 is 1.17 bits per heavy atom. The molecule has 0 unspecified atom stereocenters. The summed E-state index contributed by atoms with van der Waals surface area (Å²) in [5.41, 5.74) is 0.645. The molecule has 1 aromatic carbocycles. The number of rotatable bonds is 5. The number of oxazole rings is 1. The van der Waals surface area contributed by atoms with E-state index in [4.69, 9.17) is 4.42 Å². The van der Waals surface area contributed by atoms with E-state index in [0.717, 1.165) is 0 Å². The van der Waals surface area contributed by atoms with Crippen LogP contribution in [0, 0.1) is 6.92 Å². The molecule has 0 fully saturated rings. The van der Waals surface area contributed by atoms with E-state index >= 15 is 0 Å². The van der Waals surface area contributed by atoms with Gasteiger partial charge in [-0.1, -0.05) is 30.3 Å². The van der Waals surface area contributed by atoms with Crippen LogP contribution in [0.15, 0.2) is 52.0 Å². The average molecular weight is 346 g/mol. The summed E-state index contributed by atoms with van der Waals surface area (Å²) in [5, 5.41) is 4.05. The predicted octanol–water partition coefficient (Wildman–Crippen LogP) is 3.23. The van der Waals surface area contributed by atoms with Crippen molar-refractivity contribution >= 4 is 15.8 Å². The van der Waals surface area contributed by atoms with Crippen molar-refractivity contribution in [2.75, 3.05) is 4.72 Å². The standard InChI is InChI=1S/C16H18N4O3S/c1-11(2)20-10-9-14(18-20)19-24(21,22)16-15(23-12(3)17-16)13-7-5-4-6-8-13/h4-11H,1-3H3,(H,18,19). The Morgan fingerprint density at radius 3 is 2.50 bits per heavy atom. The lowest BCUT2D eigenvalue weighted by Crippen LogP contribution is -2.15. The molecule has 0 saturated heterocycles. The predicted molar refractivity (Wildman–Crippen MR) is 90.1 cm³/mol. The molecule has 2 heterocycles. The molecule has 8 heteroatoms. The van der Waals surface area contributed by atoms with Crippen molar-refractivity contribution in [3.63, 3.8) is 0 Å². The highest BCUT2D eigenvalue weighted by molar-refractivity contribution is 7.92. The minimum Gasteiger partial charge on any atom is -0.440 e. The van der Waals surface area contributed by atoms with Gasteiger partial charge in [-0.2, -0.15) is 18.5 Å². The lowest BCUT2D eigenvalue weighted by molar-refractivity contribution is 0.532. The normalized spacial score (nSPS) is 11.8. The van der Waals surface area contributed by atoms with Crippen molar-refractivity contribution in [2.45, 2.75) is 31.8 Å². The van der Waals surface area contributed by atoms with Gasteiger partial charge in [-0.25, -0.2) is 0 Å². The highest BCUT2D eigenvalue weighted by Gasteiger charge is 2.26. The zero-order chi connectivity index (χ0) is 17.3. The molecule has 0 aliphatic heterocycles. The third-order valence-corrected chi connectivity index (χ3v) is 4.63. The topological polar surface area (TPSA) is 90.0 Å². The lowest BCUT2D eigenvalue weighted by Gasteiger charge is -2.06. The van der Waals surface area contributed by atoms with E-state index in [-0.39, 0.29) is 28.5 Å². The fourth-order valence-corrected chi connectivity index (χ4v) is 3.36. The Kier molecular flexibility index (Phi) is 4.15. The molecule has 7 nitrogen and oxygen atoms in total. The van der Waals surface area contributed by atoms with Crippen molar-refractivity contribution in [3.05, 3.63) is 48.5 Å². The second-order valence-corrected chi connectivity index (χ2v) is 7.21. The molecule has 2 aromatic heterocycles. The van der Waals surface area contributed by atoms with Gasteiger partial charge >= 0.3 is 0 Å². The molecule has 0 aliphatic carbocycles. The molecule has 24 heavy (non-hydrogen) atoms. The van der Waals surface area contributed by atoms with Crippen LogP contribution in [0.1, 0.15) is 25.8 Å². The SMILES string of the molecule is Cc1nc(S(=O)(=O)Nc2ccn(C(C)C)n2)c(-c2ccccc2)o1. The van der Waals surface area contributed by atoms with Crippen molar-refractivity contribution in [2.24, 2.45) is 0 Å². The Hall–Kier alpha value is -2.61. The van der Waals surface area contributed by atoms with Gasteiger partial charge in [0.25, 0.3) is 10.0 Å². The maximum Gasteiger partial charge on any atom is 0.284 e. The van der Waals surface area contributed by atoms with E-state index in [1.807, 2.05) is 19.9 Å². The zero-order valence-corrected chi connectivity index (χ0v) is 14.4. The molecule has 0 radical (unpaired) electrons. The quantitative estimate of drug-likeness (QED) is 0.766. The molecule has 3 aromatic rings. The van der Waals surface area contributed by atoms with E-state index in [2.05, 4.69) is 14.8 Å². The smallest absolute Gasteiger partial charge is 0.284 e. The van der Waals surface area contributed by atoms with Gasteiger partial charge in [0.2, 0.25) is 5.03 Å². The third-order valence-electron chi connectivity index (χ3n) is 3.37. The molecular formula is C16H18N4O3S. The summed E-state index contributed by atoms with van der Waals surface area (Å²) in [5.74, 6) is 0.731. The van der Waals surface area contributed by atoms with Gasteiger partial charge in [0, 0.05) is 30.8 Å². The number of aryl methyl sites for hydroxylation is 1. The number of nitrogens with one attached hydrogen (secondary N) is 1. The lowest BCUT2D eigenvalue weighted by atomic mass is 10.2. The second-order valence-electron chi connectivity index (χ2n) is 5.61. The molecule has 0 amide bonds. The van der Waals surface area contributed by atoms with Gasteiger partial charge in [-0.15, -0.1) is 0 Å². The second kappa shape index (κ2) is 6.12. The van der Waals surface area contributed by atoms with Crippen LogP contribution >= 0.6 is 0 Å². The Balaban J connectivity index is 1.98. The van der Waals surface area contributed by atoms with Crippen LogP contribution in [0.2, 0.25) is 0 Å². The monoisotopic (exact) mass is 346 g/mol. The molecule has 0 spiro atoms. The van der Waals surface area contributed by atoms with Crippen LogP contribution in [-0.4, -0.2) is 23.2 Å². The number of benzene rings is 1. The van der Waals surface area contributed by atoms with E-state index < -0.39 is 10.0 Å². The molecule has 0 atom stereocenters. The van der Waals surface area contributed by atoms with Gasteiger partial charge in [0.15, 0.2) is 17.5 Å². The average Bonchev–Trinajstić information content (AvgIpc) is 3.15. The molecule has 0 bridgehead atoms. The van der Waals surface area contributed by atoms with Crippen molar-refractivity contribution in [3.8, 4) is 11.3 Å². The zero-order valence-electron chi connectivity index (χ0n) is 13.6. The first kappa shape index (κ1) is 16.3. The number of hydrogen-bond acceptors (Lipinski definition) is 5. The highest BCUT2D eigenvalue weighted by atomic mass is 32.2. The molecule has 0 aliphatic rings. The minimum absolute atomic E-state index is 0.137. The highest BCUT2D eigenvalue weighted by Crippen LogP contribution is 2.29. The van der Waals surface area contributed by atoms with Gasteiger partial charge in [0.1, 0.15) is 0 Å². The van der Waals surface area contributed by atoms with E-state index in [1.54, 1.807) is 48.1 Å². The van der Waals surface area contributed by atoms with Gasteiger partial charge < -0.3 is 4.42 Å². The summed E-state index contributed by atoms with van der Waals surface area (Å²) in [6.45, 7) is 5.53. The number of aromatic nitrogens is 3. The van der Waals surface area contributed by atoms with Crippen molar-refractivity contribution in [1.82, 2.24) is 14.8 Å². The van der Waals surface area contributed by atoms with Crippen LogP contribution in [-0.2, 0) is 10.0 Å². The van der Waals surface area contributed by atoms with Crippen LogP contribution in [0.25, 0.3) is 11.3 Å². The number of sulfonamides is 1. The Morgan fingerprint density at radius 2 is 1.88 bits per heavy atom. The summed E-state index contributed by atoms with van der Waals surface area (Å²) in [4.78, 5) is 4.05. The third kappa shape index (κ3) is 3.18. The first-order valence-corrected chi connectivity index (χ1v) is 8.96. The maximum atomic E-state index is 12.7. The number of anilines is 1. The fourth-order valence-electron chi connectivity index (χ4n) is 2.23. The molecule has 0 saturated carbocycles. The largest absolute Gasteiger partial charge is 0.440 e. The van der Waals surface area contributed by atoms with E-state index in [1.165, 1.54) is 0 Å². The van der Waals surface area contributed by atoms with Crippen LogP contribution < -0.4 is 4.72 Å². The minimum atomic E-state index is -3.91. The summed E-state index contributed by atoms with van der Waals surface area (Å²) in [7, 11) is -3.91. The van der Waals surface area contributed by atoms with E-state index in [9.17, 15) is 8.42 Å². The fraction of sp³-hybridized carbons (Fsp3) is 0.250. The molecule has 3 rings (SSSR count). The summed E-state index contributed by atoms with van der Waals surface area (Å²) in [6.07, 6.45) is 1.72. The maximum absolute atomic E-state index is 12.7. The number of hydrogen-bond donors (Lipinski definition) is 1. The molecule has 126 valence electrons. The van der Waals surface area contributed by atoms with Gasteiger partial charge in [-0.05, 0) is 13.8 Å². The molecular weight excluding hydrogens is 328 g/mol. The number of nitrogens with zero attached hydrogens (tertiary/aromatic N) is 3. The van der Waals surface area contributed by atoms with Gasteiger partial charge in [-0.3, -0.25) is 9.40 Å². The van der Waals surface area contributed by atoms with Crippen LogP contribution in [0.4, 0.5) is 5.82 Å². The van der Waals surface area contributed by atoms with Crippen molar-refractivity contribution < 1.29 is 12.8 Å². The summed E-state index contributed by atoms with van der Waals surface area (Å²) in [6, 6.07) is 10.7. The Bertz CT molecular complexity index is 943. The van der Waals surface area contributed by atoms with Crippen LogP contribution in [0.3, 0.4) is 0 Å². The summed E-state index contributed by atoms with van der Waals surface area (Å²) < 4.78 is 35.0. The first-order chi connectivity index (χ1) is 11.4. The Labute approximate surface area is 140 Å². The molecule has 1 N–H and O–H groups in total. The van der Waals surface area contributed by atoms with E-state index in [0.29, 0.717) is 5.56 Å². The van der Waals surface area contributed by atoms with Crippen molar-refractivity contribution in [1.29, 1.82) is 0 Å². The van der Waals surface area contributed by atoms with Gasteiger partial charge in [0.05, 0.1) is 0 Å².